The number of aliphatic hydroxyl groups excluding tert-OH is 1. The summed E-state index contributed by atoms with van der Waals surface area (Å²) in [6.45, 7) is 10.7. The van der Waals surface area contributed by atoms with Gasteiger partial charge in [-0.3, -0.25) is 92.3 Å². The summed E-state index contributed by atoms with van der Waals surface area (Å²) in [5, 5.41) is 92.4. The van der Waals surface area contributed by atoms with Crippen LogP contribution in [0.4, 0.5) is 39.5 Å². The number of aromatic nitrogens is 4. The van der Waals surface area contributed by atoms with Gasteiger partial charge in [0.05, 0.1) is 42.8 Å². The van der Waals surface area contributed by atoms with Gasteiger partial charge in [-0.15, -0.1) is 0 Å². The number of imidazole rings is 2. The fourth-order valence-electron chi connectivity index (χ4n) is 14.0. The number of unbranched alkanes of at least 4 members (excludes halogenated alkanes) is 1. The number of aliphatic hydroxyl groups is 1. The monoisotopic (exact) mass is 2090 g/mol. The first-order valence-electron chi connectivity index (χ1n) is 45.9. The van der Waals surface area contributed by atoms with E-state index in [2.05, 4.69) is 117 Å². The first-order valence-corrected chi connectivity index (χ1v) is 46.5. The van der Waals surface area contributed by atoms with E-state index in [1.165, 1.54) is 26.2 Å². The van der Waals surface area contributed by atoms with Gasteiger partial charge in [-0.2, -0.15) is 52.1 Å². The lowest BCUT2D eigenvalue weighted by atomic mass is 9.99. The van der Waals surface area contributed by atoms with Crippen LogP contribution in [0.25, 0.3) is 0 Å². The fourth-order valence-corrected chi connectivity index (χ4v) is 14.2. The number of amides is 15. The molecule has 144 heavy (non-hydrogen) atoms. The first kappa shape index (κ1) is 127. The normalized spacial score (nSPS) is 15.2. The van der Waals surface area contributed by atoms with Gasteiger partial charge in [0.25, 0.3) is 0 Å². The molecule has 0 fully saturated rings. The number of primary amides is 1. The number of hydrogen-bond donors (Lipinski definition) is 30. The number of alkyl halides is 9. The highest BCUT2D eigenvalue weighted by Crippen LogP contribution is 2.55. The van der Waals surface area contributed by atoms with Crippen LogP contribution < -0.4 is 114 Å². The highest BCUT2D eigenvalue weighted by atomic mass is 32.1. The van der Waals surface area contributed by atoms with Crippen molar-refractivity contribution in [2.45, 2.75) is 312 Å². The molecule has 0 saturated carbocycles. The van der Waals surface area contributed by atoms with Crippen molar-refractivity contribution in [3.05, 3.63) is 36.4 Å². The van der Waals surface area contributed by atoms with E-state index in [1.807, 2.05) is 5.32 Å². The Bertz CT molecular complexity index is 4550. The van der Waals surface area contributed by atoms with E-state index in [4.69, 9.17) is 39.5 Å². The standard InChI is InChI=1S/C84H136F9N27O23S/c1-39(2)28-54(71(134)110-50(17-20-60(96)122)69(132)113-53(78(141)142)19-22-62(125)126)117-72(135)55(29-40(3)4)115-66(129)49(16-13-26-104-80(99)100)109-75(138)59(33-45-35-102-38-106-45)119-73(136)56(30-41(5)6)116-70(133)52(23-27-143-81(82(85,86)87,83(88,89)90)84(91,92)93)111-65(128)47(14-10-11-24-94)108-74(137)58(32-44-34-101-37-105-44)118-67(130)48(15-12-25-103-79(97)98)107-68(131)51(18-21-61(123)124)112-77(140)63(43(9)121)120-76(139)57(31-42(7)8)114-64(127)46(95)36-144/h34-35,37-43,46-59,63,121,144H,10-33,36,94-95H2,1-9H3,(H2,96,122)(H,101,105)(H,102,106)(H,107,131)(H,108,137)(H,109,138)(H,110,134)(H,111,128)(H,112,140)(H,113,132)(H,114,127)(H,115,129)(H,116,133)(H,117,135)(H,118,130)(H,119,136)(H,120,139)(H,123,124)(H,125,126)(H,141,142)(H4,97,98,103)(H4,99,100,104)/t43-,46+,47+,48+,49+,50+,51+,52+,53+,54+,55+,56+,57+,58+,59+,63+/m1/s1. The molecule has 814 valence electrons. The van der Waals surface area contributed by atoms with Crippen molar-refractivity contribution in [1.82, 2.24) is 105 Å². The lowest BCUT2D eigenvalue weighted by Crippen LogP contribution is -2.68. The van der Waals surface area contributed by atoms with Crippen LogP contribution in [0.5, 0.6) is 0 Å². The number of thiol groups is 1. The molecule has 16 atom stereocenters. The van der Waals surface area contributed by atoms with Crippen molar-refractivity contribution in [3.63, 3.8) is 0 Å². The lowest BCUT2D eigenvalue weighted by Gasteiger charge is -2.38. The second-order valence-electron chi connectivity index (χ2n) is 35.6. The van der Waals surface area contributed by atoms with Crippen LogP contribution in [0.15, 0.2) is 25.0 Å². The number of aliphatic carboxylic acids is 3. The maximum atomic E-state index is 15.1. The number of H-pyrrole nitrogens is 2. The van der Waals surface area contributed by atoms with Crippen LogP contribution in [-0.2, 0) is 104 Å². The van der Waals surface area contributed by atoms with E-state index in [-0.39, 0.29) is 87.6 Å². The summed E-state index contributed by atoms with van der Waals surface area (Å²) < 4.78 is 135. The Morgan fingerprint density at radius 1 is 0.389 bits per heavy atom. The second-order valence-corrected chi connectivity index (χ2v) is 36.0. The molecule has 0 aliphatic carbocycles. The summed E-state index contributed by atoms with van der Waals surface area (Å²) in [7, 11) is 0. The number of nitrogens with two attached hydrogens (primary N) is 5. The molecule has 0 radical (unpaired) electrons. The first-order chi connectivity index (χ1) is 67.0. The van der Waals surface area contributed by atoms with Crippen LogP contribution in [-0.4, -0.2) is 312 Å². The van der Waals surface area contributed by atoms with Gasteiger partial charge in [0.15, 0.2) is 11.9 Å². The Labute approximate surface area is 827 Å². The van der Waals surface area contributed by atoms with Crippen molar-refractivity contribution in [3.8, 4) is 0 Å². The molecule has 0 spiro atoms. The summed E-state index contributed by atoms with van der Waals surface area (Å²) in [5.74, 6) is -26.8. The zero-order valence-corrected chi connectivity index (χ0v) is 81.6. The largest absolute Gasteiger partial charge is 0.481 e. The van der Waals surface area contributed by atoms with Crippen molar-refractivity contribution in [2.75, 3.05) is 32.0 Å². The van der Waals surface area contributed by atoms with Crippen molar-refractivity contribution < 1.29 is 151 Å². The number of carboxylic acid groups (broad SMARTS) is 3. The summed E-state index contributed by atoms with van der Waals surface area (Å²) in [4.78, 5) is 263. The van der Waals surface area contributed by atoms with Gasteiger partial charge in [-0.1, -0.05) is 55.4 Å². The molecule has 0 aromatic carbocycles. The highest BCUT2D eigenvalue weighted by molar-refractivity contribution is 7.80. The predicted octanol–water partition coefficient (Wildman–Crippen LogP) is -3.90. The summed E-state index contributed by atoms with van der Waals surface area (Å²) in [6.07, 6.45) is -29.8. The molecule has 2 aromatic rings. The van der Waals surface area contributed by atoms with Crippen LogP contribution in [0.1, 0.15) is 189 Å². The molecule has 15 amide bonds. The topological polar surface area (TPSA) is 825 Å². The molecule has 0 saturated heterocycles. The molecule has 0 aliphatic rings. The lowest BCUT2D eigenvalue weighted by molar-refractivity contribution is -0.457. The van der Waals surface area contributed by atoms with Gasteiger partial charge >= 0.3 is 42.0 Å². The van der Waals surface area contributed by atoms with E-state index in [0.29, 0.717) is 0 Å². The molecule has 50 nitrogen and oxygen atoms in total. The maximum Gasteiger partial charge on any atom is 0.435 e. The minimum absolute atomic E-state index is 0.0321. The van der Waals surface area contributed by atoms with Gasteiger partial charge in [0, 0.05) is 69.8 Å². The van der Waals surface area contributed by atoms with Crippen LogP contribution in [0.2, 0.25) is 0 Å². The molecule has 0 aliphatic heterocycles. The van der Waals surface area contributed by atoms with Crippen LogP contribution >= 0.6 is 12.6 Å². The molecule has 2 rings (SSSR count). The zero-order valence-electron chi connectivity index (χ0n) is 80.7. The quantitative estimate of drug-likeness (QED) is 0.00989. The van der Waals surface area contributed by atoms with Gasteiger partial charge < -0.3 is 149 Å². The maximum absolute atomic E-state index is 15.1. The molecule has 2 aromatic heterocycles. The predicted molar refractivity (Wildman–Crippen MR) is 495 cm³/mol. The molecule has 34 N–H and O–H groups in total. The van der Waals surface area contributed by atoms with Crippen molar-refractivity contribution >= 4 is 131 Å². The highest BCUT2D eigenvalue weighted by Gasteiger charge is 2.85. The fraction of sp³-hybridized carbons (Fsp3) is 0.690. The number of nitrogens with zero attached hydrogens (tertiary/aromatic N) is 2. The summed E-state index contributed by atoms with van der Waals surface area (Å²) in [6, 6.07) is -27.9. The number of carbonyl (C=O) groups is 18. The number of halogens is 9. The smallest absolute Gasteiger partial charge is 0.435 e. The van der Waals surface area contributed by atoms with E-state index in [9.17, 15) is 122 Å². The second kappa shape index (κ2) is 61.8. The van der Waals surface area contributed by atoms with E-state index in [0.717, 1.165) is 19.6 Å². The average Bonchev–Trinajstić information content (AvgIpc) is 0.806. The number of guanidine groups is 2. The molecule has 2 heterocycles. The summed E-state index contributed by atoms with van der Waals surface area (Å²) >= 11 is 4.00. The number of nitrogens with one attached hydrogen (secondary N) is 20. The van der Waals surface area contributed by atoms with Gasteiger partial charge in [0.2, 0.25) is 88.6 Å². The van der Waals surface area contributed by atoms with E-state index >= 15 is 24.0 Å². The number of carboxylic acids is 3. The Morgan fingerprint density at radius 2 is 0.667 bits per heavy atom. The number of rotatable bonds is 68. The zero-order chi connectivity index (χ0) is 110. The number of aromatic amines is 2. The molecular formula is C84H136F9N27O23S. The minimum Gasteiger partial charge on any atom is -0.481 e. The third kappa shape index (κ3) is 45.7. The Morgan fingerprint density at radius 3 is 0.958 bits per heavy atom. The third-order valence-corrected chi connectivity index (χ3v) is 21.8. The Kier molecular flexibility index (Phi) is 54.6. The number of ether oxygens (including phenoxy) is 1. The molecule has 0 bridgehead atoms. The number of carbonyl (C=O) groups excluding carboxylic acids is 15. The minimum atomic E-state index is -7.39. The van der Waals surface area contributed by atoms with Crippen molar-refractivity contribution in [2.24, 2.45) is 52.3 Å². The third-order valence-electron chi connectivity index (χ3n) is 21.4. The average molecular weight is 2100 g/mol. The number of hydrogen-bond acceptors (Lipinski definition) is 27. The molecule has 0 unspecified atom stereocenters. The molecular weight excluding hydrogens is 1960 g/mol. The van der Waals surface area contributed by atoms with Crippen LogP contribution in [0.3, 0.4) is 0 Å². The van der Waals surface area contributed by atoms with Crippen LogP contribution in [0, 0.1) is 34.5 Å². The van der Waals surface area contributed by atoms with E-state index < -0.39 is 347 Å². The van der Waals surface area contributed by atoms with E-state index in [1.54, 1.807) is 41.5 Å². The van der Waals surface area contributed by atoms with Gasteiger partial charge in [-0.05, 0) is 127 Å². The van der Waals surface area contributed by atoms with Gasteiger partial charge in [0.1, 0.15) is 84.6 Å². The Hall–Kier alpha value is -13.0. The Balaban J connectivity index is 2.95. The van der Waals surface area contributed by atoms with Gasteiger partial charge in [-0.25, -0.2) is 14.8 Å². The van der Waals surface area contributed by atoms with Crippen molar-refractivity contribution in [1.29, 1.82) is 10.8 Å². The summed E-state index contributed by atoms with van der Waals surface area (Å²) in [5.41, 5.74) is 20.8. The molecule has 60 heteroatoms. The SMILES string of the molecule is CC(C)C[C@H](NC(=O)[C@H](CC(C)C)NC(=O)[C@H](CCCNC(=N)N)NC(=O)[C@H](Cc1c[nH]cn1)NC(=O)[C@H](CC(C)C)NC(=O)[C@H](CCOC(C(F)(F)F)(C(F)(F)F)C(F)(F)F)NC(=O)[C@H](CCCCN)NC(=O)[C@H](Cc1c[nH]cn1)NC(=O)[C@H](CCCNC(=N)N)NC(=O)[C@H](CCC(=O)O)NC(=O)[C@@H](NC(=O)[C@H](CC(C)C)NC(=O)[C@@H](N)CS)[C@@H](C)O)C(=O)N[C@@H](CCC(N)=O)C(=O)N[C@@H](CCC(=O)O)C(=O)O.